The molecule has 1 aromatic carbocycles. The number of furan rings is 1. The van der Waals surface area contributed by atoms with Crippen molar-refractivity contribution < 1.29 is 14.0 Å². The monoisotopic (exact) mass is 338 g/mol. The Kier molecular flexibility index (Phi) is 4.17. The molecule has 3 saturated heterocycles. The van der Waals surface area contributed by atoms with Crippen LogP contribution in [0.15, 0.2) is 40.8 Å². The molecular weight excluding hydrogens is 316 g/mol. The van der Waals surface area contributed by atoms with Gasteiger partial charge in [-0.25, -0.2) is 0 Å². The molecule has 1 amide bonds. The first-order chi connectivity index (χ1) is 12.1. The van der Waals surface area contributed by atoms with Crippen LogP contribution in [-0.4, -0.2) is 42.3 Å². The zero-order chi connectivity index (χ0) is 17.4. The lowest BCUT2D eigenvalue weighted by Crippen LogP contribution is -2.57. The smallest absolute Gasteiger partial charge is 0.287 e. The number of carbonyl (C=O) groups is 2. The number of benzene rings is 1. The summed E-state index contributed by atoms with van der Waals surface area (Å²) in [5.41, 5.74) is 1.32. The number of carbonyl (C=O) groups excluding carboxylic acids is 2. The Morgan fingerprint density at radius 2 is 1.88 bits per heavy atom. The van der Waals surface area contributed by atoms with Crippen LogP contribution < -0.4 is 5.32 Å². The summed E-state index contributed by atoms with van der Waals surface area (Å²) in [6, 6.07) is 10.9. The Bertz CT molecular complexity index is 803. The van der Waals surface area contributed by atoms with E-state index in [0.717, 1.165) is 38.0 Å². The number of nitrogens with zero attached hydrogens (tertiary/aromatic N) is 1. The van der Waals surface area contributed by atoms with Gasteiger partial charge >= 0.3 is 0 Å². The van der Waals surface area contributed by atoms with Crippen LogP contribution in [0.3, 0.4) is 0 Å². The molecule has 4 heterocycles. The van der Waals surface area contributed by atoms with Gasteiger partial charge in [-0.2, -0.15) is 0 Å². The van der Waals surface area contributed by atoms with Gasteiger partial charge < -0.3 is 14.6 Å². The second-order valence-corrected chi connectivity index (χ2v) is 6.98. The van der Waals surface area contributed by atoms with E-state index < -0.39 is 0 Å². The molecule has 5 rings (SSSR count). The van der Waals surface area contributed by atoms with Gasteiger partial charge in [0.1, 0.15) is 5.76 Å². The van der Waals surface area contributed by atoms with Gasteiger partial charge in [0.25, 0.3) is 5.91 Å². The van der Waals surface area contributed by atoms with Crippen LogP contribution in [0, 0.1) is 5.92 Å². The molecular formula is C20H22N2O3. The third-order valence-electron chi connectivity index (χ3n) is 5.37. The maximum atomic E-state index is 12.6. The van der Waals surface area contributed by atoms with E-state index in [1.54, 1.807) is 18.2 Å². The van der Waals surface area contributed by atoms with E-state index in [4.69, 9.17) is 4.42 Å². The van der Waals surface area contributed by atoms with Crippen LogP contribution in [0.5, 0.6) is 0 Å². The van der Waals surface area contributed by atoms with E-state index in [0.29, 0.717) is 23.0 Å². The minimum absolute atomic E-state index is 0.0229. The average molecular weight is 338 g/mol. The first kappa shape index (κ1) is 16.1. The molecule has 2 bridgehead atoms. The van der Waals surface area contributed by atoms with Gasteiger partial charge in [-0.05, 0) is 50.9 Å². The number of hydrogen-bond acceptors (Lipinski definition) is 4. The zero-order valence-corrected chi connectivity index (χ0v) is 14.3. The third kappa shape index (κ3) is 3.12. The standard InChI is InChI=1S/C20H22N2O3/c1-13(23)15-4-2-3-5-16(15)18-6-7-19(25-18)20(24)21-17-12-22-10-8-14(17)9-11-22/h2-7,14,17H,8-12H2,1H3,(H,21,24). The molecule has 0 saturated carbocycles. The lowest BCUT2D eigenvalue weighted by Gasteiger charge is -2.44. The Labute approximate surface area is 147 Å². The zero-order valence-electron chi connectivity index (χ0n) is 14.3. The highest BCUT2D eigenvalue weighted by Crippen LogP contribution is 2.29. The average Bonchev–Trinajstić information content (AvgIpc) is 3.13. The normalized spacial score (nSPS) is 24.9. The van der Waals surface area contributed by atoms with Gasteiger partial charge in [0.2, 0.25) is 0 Å². The number of Topliss-reactive ketones (excluding diaryl/α,β-unsaturated/α-hetero) is 1. The van der Waals surface area contributed by atoms with Crippen molar-refractivity contribution in [2.24, 2.45) is 5.92 Å². The molecule has 1 unspecified atom stereocenters. The van der Waals surface area contributed by atoms with Crippen molar-refractivity contribution in [3.63, 3.8) is 0 Å². The van der Waals surface area contributed by atoms with E-state index >= 15 is 0 Å². The van der Waals surface area contributed by atoms with Crippen LogP contribution in [0.2, 0.25) is 0 Å². The van der Waals surface area contributed by atoms with Crippen LogP contribution in [0.25, 0.3) is 11.3 Å². The molecule has 1 atom stereocenters. The highest BCUT2D eigenvalue weighted by atomic mass is 16.4. The molecule has 2 aromatic rings. The molecule has 1 aromatic heterocycles. The summed E-state index contributed by atoms with van der Waals surface area (Å²) in [5, 5.41) is 3.13. The molecule has 0 aliphatic carbocycles. The second-order valence-electron chi connectivity index (χ2n) is 6.98. The Morgan fingerprint density at radius 1 is 1.12 bits per heavy atom. The van der Waals surface area contributed by atoms with E-state index in [9.17, 15) is 9.59 Å². The van der Waals surface area contributed by atoms with Crippen LogP contribution in [-0.2, 0) is 0 Å². The Balaban J connectivity index is 1.51. The van der Waals surface area contributed by atoms with E-state index in [2.05, 4.69) is 10.2 Å². The minimum atomic E-state index is -0.176. The van der Waals surface area contributed by atoms with Crippen molar-refractivity contribution in [2.75, 3.05) is 19.6 Å². The van der Waals surface area contributed by atoms with Crippen molar-refractivity contribution in [3.8, 4) is 11.3 Å². The minimum Gasteiger partial charge on any atom is -0.451 e. The Hall–Kier alpha value is -2.40. The van der Waals surface area contributed by atoms with Gasteiger partial charge in [0, 0.05) is 23.7 Å². The predicted molar refractivity (Wildman–Crippen MR) is 94.6 cm³/mol. The van der Waals surface area contributed by atoms with Crippen LogP contribution in [0.1, 0.15) is 40.7 Å². The number of hydrogen-bond donors (Lipinski definition) is 1. The molecule has 1 N–H and O–H groups in total. The number of rotatable bonds is 4. The summed E-state index contributed by atoms with van der Waals surface area (Å²) in [6.07, 6.45) is 2.31. The molecule has 5 nitrogen and oxygen atoms in total. The van der Waals surface area contributed by atoms with Gasteiger partial charge in [-0.1, -0.05) is 24.3 Å². The number of fused-ring (bicyclic) bond motifs is 3. The maximum Gasteiger partial charge on any atom is 0.287 e. The fraction of sp³-hybridized carbons (Fsp3) is 0.400. The van der Waals surface area contributed by atoms with Gasteiger partial charge in [0.05, 0.1) is 0 Å². The SMILES string of the molecule is CC(=O)c1ccccc1-c1ccc(C(=O)NC2CN3CCC2CC3)o1. The molecule has 3 aliphatic rings. The van der Waals surface area contributed by atoms with Gasteiger partial charge in [-0.15, -0.1) is 0 Å². The number of piperidine rings is 3. The van der Waals surface area contributed by atoms with Crippen molar-refractivity contribution in [1.82, 2.24) is 10.2 Å². The molecule has 25 heavy (non-hydrogen) atoms. The first-order valence-electron chi connectivity index (χ1n) is 8.85. The molecule has 3 aliphatic heterocycles. The van der Waals surface area contributed by atoms with Crippen LogP contribution in [0.4, 0.5) is 0 Å². The van der Waals surface area contributed by atoms with Crippen molar-refractivity contribution in [1.29, 1.82) is 0 Å². The van der Waals surface area contributed by atoms with Crippen molar-refractivity contribution >= 4 is 11.7 Å². The fourth-order valence-electron chi connectivity index (χ4n) is 3.98. The lowest BCUT2D eigenvalue weighted by atomic mass is 9.84. The van der Waals surface area contributed by atoms with Crippen LogP contribution >= 0.6 is 0 Å². The first-order valence-corrected chi connectivity index (χ1v) is 8.85. The largest absolute Gasteiger partial charge is 0.451 e. The number of nitrogens with one attached hydrogen (secondary N) is 1. The molecule has 0 radical (unpaired) electrons. The molecule has 0 spiro atoms. The lowest BCUT2D eigenvalue weighted by molar-refractivity contribution is 0.0606. The summed E-state index contributed by atoms with van der Waals surface area (Å²) in [5.74, 6) is 1.21. The number of ketones is 1. The highest BCUT2D eigenvalue weighted by Gasteiger charge is 2.35. The topological polar surface area (TPSA) is 62.6 Å². The summed E-state index contributed by atoms with van der Waals surface area (Å²) in [7, 11) is 0. The summed E-state index contributed by atoms with van der Waals surface area (Å²) >= 11 is 0. The van der Waals surface area contributed by atoms with E-state index in [-0.39, 0.29) is 17.7 Å². The molecule has 130 valence electrons. The summed E-state index contributed by atoms with van der Waals surface area (Å²) in [4.78, 5) is 26.8. The Morgan fingerprint density at radius 3 is 2.56 bits per heavy atom. The fourth-order valence-corrected chi connectivity index (χ4v) is 3.98. The quantitative estimate of drug-likeness (QED) is 0.871. The second kappa shape index (κ2) is 6.48. The highest BCUT2D eigenvalue weighted by molar-refractivity contribution is 6.00. The molecule has 5 heteroatoms. The summed E-state index contributed by atoms with van der Waals surface area (Å²) in [6.45, 7) is 4.74. The van der Waals surface area contributed by atoms with E-state index in [1.807, 2.05) is 18.2 Å². The van der Waals surface area contributed by atoms with Crippen molar-refractivity contribution in [3.05, 3.63) is 47.7 Å². The summed E-state index contributed by atoms with van der Waals surface area (Å²) < 4.78 is 5.77. The van der Waals surface area contributed by atoms with Gasteiger partial charge in [-0.3, -0.25) is 9.59 Å². The van der Waals surface area contributed by atoms with Gasteiger partial charge in [0.15, 0.2) is 11.5 Å². The van der Waals surface area contributed by atoms with E-state index in [1.165, 1.54) is 6.92 Å². The number of amides is 1. The maximum absolute atomic E-state index is 12.6. The third-order valence-corrected chi connectivity index (χ3v) is 5.37. The molecule has 3 fully saturated rings. The predicted octanol–water partition coefficient (Wildman–Crippen LogP) is 2.97. The van der Waals surface area contributed by atoms with Crippen molar-refractivity contribution in [2.45, 2.75) is 25.8 Å².